The summed E-state index contributed by atoms with van der Waals surface area (Å²) in [5.74, 6) is 1.54. The Morgan fingerprint density at radius 3 is 2.50 bits per heavy atom. The molecule has 48 heavy (non-hydrogen) atoms. The predicted molar refractivity (Wildman–Crippen MR) is 179 cm³/mol. The van der Waals surface area contributed by atoms with Crippen LogP contribution in [-0.2, 0) is 16.6 Å². The van der Waals surface area contributed by atoms with Crippen LogP contribution in [0.1, 0.15) is 77.4 Å². The molecule has 3 aliphatic rings. The molecule has 12 heteroatoms. The van der Waals surface area contributed by atoms with E-state index in [4.69, 9.17) is 14.1 Å². The van der Waals surface area contributed by atoms with Crippen LogP contribution in [0, 0.1) is 19.8 Å². The molecule has 2 aliphatic carbocycles. The first-order valence-corrected chi connectivity index (χ1v) is 18.0. The number of amides is 1. The van der Waals surface area contributed by atoms with Gasteiger partial charge in [0.25, 0.3) is 15.9 Å². The first-order valence-electron chi connectivity index (χ1n) is 16.5. The molecule has 0 saturated heterocycles. The Balaban J connectivity index is 1.23. The van der Waals surface area contributed by atoms with E-state index in [1.807, 2.05) is 38.1 Å². The summed E-state index contributed by atoms with van der Waals surface area (Å²) in [7, 11) is -4.16. The standard InChI is InChI=1S/C36H36N6O5S/c1-21-6-3-7-22(2)33(21)29-17-32-40-36(39-29)41-48(44,45)28-11-5-10-25(15-28)35(43)42(27(20-46-32)14-23-8-4-9-23)19-26-18-37-34-30(38-26)16-31(47-34)24-12-13-24/h3,5-7,10-11,15-18,23-24,27H,4,8-9,12-14,19-20H2,1-2H3,(H,39,40,41)/t27-/m1/s1. The zero-order chi connectivity index (χ0) is 33.0. The van der Waals surface area contributed by atoms with Gasteiger partial charge in [0.15, 0.2) is 0 Å². The Bertz CT molecular complexity index is 2140. The van der Waals surface area contributed by atoms with Gasteiger partial charge in [0.1, 0.15) is 17.9 Å². The van der Waals surface area contributed by atoms with Crippen LogP contribution in [0.2, 0.25) is 0 Å². The quantitative estimate of drug-likeness (QED) is 0.213. The molecule has 11 nitrogen and oxygen atoms in total. The first-order chi connectivity index (χ1) is 23.2. The van der Waals surface area contributed by atoms with Crippen LogP contribution >= 0.6 is 0 Å². The highest BCUT2D eigenvalue weighted by Gasteiger charge is 2.33. The number of sulfonamides is 1. The van der Waals surface area contributed by atoms with Crippen LogP contribution in [0.15, 0.2) is 70.1 Å². The van der Waals surface area contributed by atoms with Gasteiger partial charge in [0, 0.05) is 29.2 Å². The highest BCUT2D eigenvalue weighted by Crippen LogP contribution is 2.42. The minimum Gasteiger partial charge on any atom is -0.475 e. The van der Waals surface area contributed by atoms with Gasteiger partial charge in [-0.1, -0.05) is 43.5 Å². The van der Waals surface area contributed by atoms with Crippen LogP contribution < -0.4 is 9.46 Å². The molecular weight excluding hydrogens is 629 g/mol. The van der Waals surface area contributed by atoms with Crippen LogP contribution in [0.4, 0.5) is 5.95 Å². The topological polar surface area (TPSA) is 140 Å². The Kier molecular flexibility index (Phi) is 7.62. The van der Waals surface area contributed by atoms with Gasteiger partial charge in [0.05, 0.1) is 35.1 Å². The van der Waals surface area contributed by atoms with E-state index in [1.54, 1.807) is 29.3 Å². The molecule has 0 radical (unpaired) electrons. The fourth-order valence-corrected chi connectivity index (χ4v) is 7.67. The molecule has 1 N–H and O–H groups in total. The molecule has 2 fully saturated rings. The van der Waals surface area contributed by atoms with Crippen molar-refractivity contribution in [3.63, 3.8) is 0 Å². The summed E-state index contributed by atoms with van der Waals surface area (Å²) in [4.78, 5) is 34.6. The monoisotopic (exact) mass is 664 g/mol. The summed E-state index contributed by atoms with van der Waals surface area (Å²) < 4.78 is 42.2. The maximum atomic E-state index is 14.5. The third kappa shape index (κ3) is 6.00. The van der Waals surface area contributed by atoms with E-state index < -0.39 is 10.0 Å². The smallest absolute Gasteiger partial charge is 0.264 e. The number of hydrogen-bond acceptors (Lipinski definition) is 9. The van der Waals surface area contributed by atoms with Crippen LogP contribution in [0.5, 0.6) is 5.88 Å². The van der Waals surface area contributed by atoms with Gasteiger partial charge in [-0.3, -0.25) is 4.79 Å². The van der Waals surface area contributed by atoms with E-state index in [-0.39, 0.29) is 47.4 Å². The Morgan fingerprint density at radius 2 is 1.75 bits per heavy atom. The lowest BCUT2D eigenvalue weighted by Crippen LogP contribution is -2.45. The largest absolute Gasteiger partial charge is 0.475 e. The fraction of sp³-hybridized carbons (Fsp3) is 0.361. The lowest BCUT2D eigenvalue weighted by Gasteiger charge is -2.36. The highest BCUT2D eigenvalue weighted by molar-refractivity contribution is 7.92. The number of nitrogens with one attached hydrogen (secondary N) is 1. The number of nitrogens with zero attached hydrogens (tertiary/aromatic N) is 5. The summed E-state index contributed by atoms with van der Waals surface area (Å²) in [6.07, 6.45) is 7.88. The average Bonchev–Trinajstić information content (AvgIpc) is 3.81. The van der Waals surface area contributed by atoms with Gasteiger partial charge in [-0.25, -0.2) is 28.1 Å². The summed E-state index contributed by atoms with van der Waals surface area (Å²) in [6.45, 7) is 4.27. The number of fused-ring (bicyclic) bond motifs is 5. The number of carbonyl (C=O) groups excluding carboxylic acids is 1. The Morgan fingerprint density at radius 1 is 0.958 bits per heavy atom. The SMILES string of the molecule is Cc1cccc(C)c1-c1cc2nc(n1)NS(=O)(=O)c1cccc(c1)C(=O)N(Cc1cnc3oc(C4CC4)cc3n1)[C@H](CC1CCC1)CO2. The lowest BCUT2D eigenvalue weighted by molar-refractivity contribution is 0.0508. The third-order valence-corrected chi connectivity index (χ3v) is 11.0. The normalized spacial score (nSPS) is 19.4. The van der Waals surface area contributed by atoms with Crippen molar-refractivity contribution in [2.24, 2.45) is 5.92 Å². The van der Waals surface area contributed by atoms with Crippen molar-refractivity contribution in [1.82, 2.24) is 24.8 Å². The van der Waals surface area contributed by atoms with Crippen LogP contribution in [0.25, 0.3) is 22.5 Å². The van der Waals surface area contributed by atoms with E-state index in [2.05, 4.69) is 19.7 Å². The zero-order valence-corrected chi connectivity index (χ0v) is 27.7. The highest BCUT2D eigenvalue weighted by atomic mass is 32.2. The molecule has 4 heterocycles. The average molecular weight is 665 g/mol. The van der Waals surface area contributed by atoms with Crippen molar-refractivity contribution >= 4 is 33.1 Å². The molecule has 1 amide bonds. The van der Waals surface area contributed by atoms with E-state index >= 15 is 0 Å². The van der Waals surface area contributed by atoms with Gasteiger partial charge in [0.2, 0.25) is 17.5 Å². The van der Waals surface area contributed by atoms with Crippen molar-refractivity contribution in [2.75, 3.05) is 11.3 Å². The molecule has 2 aromatic carbocycles. The van der Waals surface area contributed by atoms with Crippen molar-refractivity contribution in [1.29, 1.82) is 0 Å². The molecule has 246 valence electrons. The van der Waals surface area contributed by atoms with Crippen LogP contribution in [-0.4, -0.2) is 51.8 Å². The van der Waals surface area contributed by atoms with Crippen molar-refractivity contribution < 1.29 is 22.4 Å². The number of anilines is 1. The minimum absolute atomic E-state index is 0.0705. The van der Waals surface area contributed by atoms with Gasteiger partial charge < -0.3 is 14.1 Å². The number of aryl methyl sites for hydroxylation is 2. The van der Waals surface area contributed by atoms with Crippen molar-refractivity contribution in [3.8, 4) is 17.1 Å². The molecule has 2 saturated carbocycles. The number of furan rings is 1. The molecule has 1 aliphatic heterocycles. The fourth-order valence-electron chi connectivity index (χ4n) is 6.68. The van der Waals surface area contributed by atoms with Gasteiger partial charge in [-0.2, -0.15) is 4.98 Å². The molecule has 3 aromatic heterocycles. The van der Waals surface area contributed by atoms with Gasteiger partial charge >= 0.3 is 0 Å². The lowest BCUT2D eigenvalue weighted by atomic mass is 9.80. The number of benzene rings is 2. The van der Waals surface area contributed by atoms with Crippen molar-refractivity contribution in [3.05, 3.63) is 88.9 Å². The van der Waals surface area contributed by atoms with Crippen LogP contribution in [0.3, 0.4) is 0 Å². The Hall–Kier alpha value is -4.84. The van der Waals surface area contributed by atoms with E-state index in [0.29, 0.717) is 34.5 Å². The van der Waals surface area contributed by atoms with E-state index in [9.17, 15) is 13.2 Å². The van der Waals surface area contributed by atoms with Gasteiger partial charge in [-0.15, -0.1) is 0 Å². The summed E-state index contributed by atoms with van der Waals surface area (Å²) in [5, 5.41) is 0. The minimum atomic E-state index is -4.16. The molecule has 8 rings (SSSR count). The second-order valence-electron chi connectivity index (χ2n) is 13.2. The molecule has 5 aromatic rings. The third-order valence-electron chi connectivity index (χ3n) is 9.63. The van der Waals surface area contributed by atoms with E-state index in [1.165, 1.54) is 12.1 Å². The number of ether oxygens (including phenoxy) is 1. The van der Waals surface area contributed by atoms with Gasteiger partial charge in [-0.05, 0) is 68.4 Å². The molecule has 1 atom stereocenters. The number of hydrogen-bond donors (Lipinski definition) is 1. The number of rotatable bonds is 6. The number of aromatic nitrogens is 4. The first kappa shape index (κ1) is 30.5. The summed E-state index contributed by atoms with van der Waals surface area (Å²) in [6, 6.07) is 15.3. The number of carbonyl (C=O) groups is 1. The second kappa shape index (κ2) is 12.0. The predicted octanol–water partition coefficient (Wildman–Crippen LogP) is 6.57. The maximum Gasteiger partial charge on any atom is 0.264 e. The second-order valence-corrected chi connectivity index (χ2v) is 14.9. The Labute approximate surface area is 278 Å². The molecule has 0 spiro atoms. The molecular formula is C36H36N6O5S. The molecule has 4 bridgehead atoms. The summed E-state index contributed by atoms with van der Waals surface area (Å²) >= 11 is 0. The molecule has 0 unspecified atom stereocenters. The maximum absolute atomic E-state index is 14.5. The zero-order valence-electron chi connectivity index (χ0n) is 26.8. The summed E-state index contributed by atoms with van der Waals surface area (Å²) in [5.41, 5.74) is 5.37. The van der Waals surface area contributed by atoms with E-state index in [0.717, 1.165) is 61.0 Å². The van der Waals surface area contributed by atoms with Crippen molar-refractivity contribution in [2.45, 2.75) is 75.8 Å².